The molecular formula is C16H14BrClN2O4S. The van der Waals surface area contributed by atoms with Crippen molar-refractivity contribution in [3.05, 3.63) is 74.2 Å². The van der Waals surface area contributed by atoms with Crippen molar-refractivity contribution >= 4 is 48.9 Å². The molecule has 25 heavy (non-hydrogen) atoms. The number of hydrogen-bond acceptors (Lipinski definition) is 4. The van der Waals surface area contributed by atoms with Crippen LogP contribution >= 0.6 is 27.5 Å². The summed E-state index contributed by atoms with van der Waals surface area (Å²) in [5, 5.41) is 11.5. The van der Waals surface area contributed by atoms with Gasteiger partial charge in [-0.25, -0.2) is 8.42 Å². The predicted molar refractivity (Wildman–Crippen MR) is 102 cm³/mol. The normalized spacial score (nSPS) is 11.2. The molecule has 6 nitrogen and oxygen atoms in total. The van der Waals surface area contributed by atoms with Gasteiger partial charge < -0.3 is 0 Å². The number of benzene rings is 2. The lowest BCUT2D eigenvalue weighted by molar-refractivity contribution is -0.385. The Bertz CT molecular complexity index is 947. The summed E-state index contributed by atoms with van der Waals surface area (Å²) < 4.78 is 27.7. The number of hydrogen-bond donors (Lipinski definition) is 0. The van der Waals surface area contributed by atoms with Crippen LogP contribution in [0.2, 0.25) is 5.02 Å². The third-order valence-corrected chi connectivity index (χ3v) is 6.47. The number of anilines is 1. The van der Waals surface area contributed by atoms with Gasteiger partial charge in [-0.05, 0) is 47.1 Å². The molecule has 0 aromatic heterocycles. The highest BCUT2D eigenvalue weighted by molar-refractivity contribution is 9.10. The fourth-order valence-electron chi connectivity index (χ4n) is 2.17. The number of nitro benzene ring substituents is 1. The van der Waals surface area contributed by atoms with Crippen molar-refractivity contribution in [3.63, 3.8) is 0 Å². The summed E-state index contributed by atoms with van der Waals surface area (Å²) in [5.41, 5.74) is 0.454. The van der Waals surface area contributed by atoms with E-state index in [9.17, 15) is 18.5 Å². The molecule has 0 aliphatic heterocycles. The van der Waals surface area contributed by atoms with Crippen LogP contribution in [0.15, 0.2) is 58.4 Å². The van der Waals surface area contributed by atoms with Gasteiger partial charge in [-0.3, -0.25) is 14.4 Å². The monoisotopic (exact) mass is 444 g/mol. The van der Waals surface area contributed by atoms with E-state index in [0.29, 0.717) is 20.7 Å². The zero-order valence-electron chi connectivity index (χ0n) is 13.1. The standard InChI is InChI=1S/C16H14BrClN2O4S/c1-3-8-19(12-5-7-14(17)15(18)9-12)25(23,24)13-6-4-11(2)16(10-13)20(21)22/h3-7,9-10H,1,8H2,2H3. The summed E-state index contributed by atoms with van der Waals surface area (Å²) in [4.78, 5) is 10.3. The molecule has 0 amide bonds. The first-order valence-electron chi connectivity index (χ1n) is 7.02. The molecule has 0 radical (unpaired) electrons. The Balaban J connectivity index is 2.60. The maximum Gasteiger partial charge on any atom is 0.273 e. The van der Waals surface area contributed by atoms with E-state index in [1.165, 1.54) is 24.3 Å². The highest BCUT2D eigenvalue weighted by atomic mass is 79.9. The van der Waals surface area contributed by atoms with Gasteiger partial charge in [0.1, 0.15) is 0 Å². The SMILES string of the molecule is C=CCN(c1ccc(Br)c(Cl)c1)S(=O)(=O)c1ccc(C)c([N+](=O)[O-])c1. The second-order valence-electron chi connectivity index (χ2n) is 5.13. The fourth-order valence-corrected chi connectivity index (χ4v) is 4.04. The maximum atomic E-state index is 13.0. The van der Waals surface area contributed by atoms with Crippen molar-refractivity contribution < 1.29 is 13.3 Å². The minimum atomic E-state index is -4.03. The smallest absolute Gasteiger partial charge is 0.262 e. The van der Waals surface area contributed by atoms with Gasteiger partial charge in [-0.2, -0.15) is 0 Å². The minimum absolute atomic E-state index is 0.0119. The molecule has 0 saturated heterocycles. The molecular weight excluding hydrogens is 432 g/mol. The molecule has 2 aromatic carbocycles. The van der Waals surface area contributed by atoms with Crippen molar-refractivity contribution in [2.24, 2.45) is 0 Å². The Labute approximate surface area is 159 Å². The van der Waals surface area contributed by atoms with E-state index in [2.05, 4.69) is 22.5 Å². The van der Waals surface area contributed by atoms with Gasteiger partial charge in [0.05, 0.1) is 27.1 Å². The average molecular weight is 446 g/mol. The van der Waals surface area contributed by atoms with E-state index in [-0.39, 0.29) is 17.1 Å². The Morgan fingerprint density at radius 1 is 1.32 bits per heavy atom. The lowest BCUT2D eigenvalue weighted by atomic mass is 10.2. The molecule has 0 bridgehead atoms. The third kappa shape index (κ3) is 4.02. The van der Waals surface area contributed by atoms with Gasteiger partial charge in [0, 0.05) is 16.1 Å². The summed E-state index contributed by atoms with van der Waals surface area (Å²) in [6.45, 7) is 5.11. The van der Waals surface area contributed by atoms with Crippen LogP contribution in [0.5, 0.6) is 0 Å². The van der Waals surface area contributed by atoms with Crippen molar-refractivity contribution in [3.8, 4) is 0 Å². The summed E-state index contributed by atoms with van der Waals surface area (Å²) in [7, 11) is -4.03. The molecule has 0 aliphatic rings. The first kappa shape index (κ1) is 19.4. The fraction of sp³-hybridized carbons (Fsp3) is 0.125. The first-order chi connectivity index (χ1) is 11.7. The highest BCUT2D eigenvalue weighted by Crippen LogP contribution is 2.32. The molecule has 2 rings (SSSR count). The lowest BCUT2D eigenvalue weighted by Gasteiger charge is -2.23. The van der Waals surface area contributed by atoms with Crippen LogP contribution in [0.3, 0.4) is 0 Å². The Morgan fingerprint density at radius 2 is 2.00 bits per heavy atom. The van der Waals surface area contributed by atoms with E-state index in [4.69, 9.17) is 11.6 Å². The van der Waals surface area contributed by atoms with Gasteiger partial charge >= 0.3 is 0 Å². The van der Waals surface area contributed by atoms with E-state index in [0.717, 1.165) is 10.4 Å². The van der Waals surface area contributed by atoms with Crippen molar-refractivity contribution in [2.45, 2.75) is 11.8 Å². The Hall–Kier alpha value is -1.90. The molecule has 0 N–H and O–H groups in total. The van der Waals surface area contributed by atoms with Gasteiger partial charge in [0.25, 0.3) is 15.7 Å². The highest BCUT2D eigenvalue weighted by Gasteiger charge is 2.27. The molecule has 0 spiro atoms. The van der Waals surface area contributed by atoms with Gasteiger partial charge in [0.15, 0.2) is 0 Å². The number of halogens is 2. The zero-order valence-corrected chi connectivity index (χ0v) is 16.3. The van der Waals surface area contributed by atoms with Crippen LogP contribution in [0.1, 0.15) is 5.56 Å². The Kier molecular flexibility index (Phi) is 5.87. The van der Waals surface area contributed by atoms with Crippen LogP contribution < -0.4 is 4.31 Å². The molecule has 0 saturated carbocycles. The molecule has 9 heteroatoms. The summed E-state index contributed by atoms with van der Waals surface area (Å²) in [6.07, 6.45) is 1.43. The number of nitrogens with zero attached hydrogens (tertiary/aromatic N) is 2. The number of nitro groups is 1. The quantitative estimate of drug-likeness (QED) is 0.367. The molecule has 0 unspecified atom stereocenters. The largest absolute Gasteiger partial charge is 0.273 e. The van der Waals surface area contributed by atoms with Crippen LogP contribution in [0.4, 0.5) is 11.4 Å². The van der Waals surface area contributed by atoms with Crippen LogP contribution in [0.25, 0.3) is 0 Å². The van der Waals surface area contributed by atoms with Crippen molar-refractivity contribution in [1.29, 1.82) is 0 Å². The summed E-state index contributed by atoms with van der Waals surface area (Å²) >= 11 is 9.31. The van der Waals surface area contributed by atoms with E-state index >= 15 is 0 Å². The summed E-state index contributed by atoms with van der Waals surface area (Å²) in [6, 6.07) is 8.51. The van der Waals surface area contributed by atoms with E-state index in [1.807, 2.05) is 0 Å². The summed E-state index contributed by atoms with van der Waals surface area (Å²) in [5.74, 6) is 0. The van der Waals surface area contributed by atoms with E-state index in [1.54, 1.807) is 19.1 Å². The number of rotatable bonds is 6. The molecule has 0 atom stereocenters. The van der Waals surface area contributed by atoms with Gasteiger partial charge in [0.2, 0.25) is 0 Å². The topological polar surface area (TPSA) is 80.5 Å². The third-order valence-electron chi connectivity index (χ3n) is 3.45. The molecule has 0 aliphatic carbocycles. The molecule has 0 fully saturated rings. The van der Waals surface area contributed by atoms with Gasteiger partial charge in [-0.1, -0.05) is 23.7 Å². The molecule has 2 aromatic rings. The van der Waals surface area contributed by atoms with Gasteiger partial charge in [-0.15, -0.1) is 6.58 Å². The first-order valence-corrected chi connectivity index (χ1v) is 9.63. The molecule has 132 valence electrons. The van der Waals surface area contributed by atoms with Crippen LogP contribution in [0, 0.1) is 17.0 Å². The van der Waals surface area contributed by atoms with Crippen molar-refractivity contribution in [2.75, 3.05) is 10.8 Å². The van der Waals surface area contributed by atoms with Crippen molar-refractivity contribution in [1.82, 2.24) is 0 Å². The predicted octanol–water partition coefficient (Wildman–Crippen LogP) is 4.70. The number of sulfonamides is 1. The maximum absolute atomic E-state index is 13.0. The van der Waals surface area contributed by atoms with Crippen LogP contribution in [-0.2, 0) is 10.0 Å². The second-order valence-corrected chi connectivity index (χ2v) is 8.25. The number of aryl methyl sites for hydroxylation is 1. The lowest BCUT2D eigenvalue weighted by Crippen LogP contribution is -2.31. The van der Waals surface area contributed by atoms with E-state index < -0.39 is 14.9 Å². The van der Waals surface area contributed by atoms with Crippen LogP contribution in [-0.4, -0.2) is 19.9 Å². The average Bonchev–Trinajstić information content (AvgIpc) is 2.55. The molecule has 0 heterocycles. The minimum Gasteiger partial charge on any atom is -0.262 e. The second kappa shape index (κ2) is 7.55. The zero-order chi connectivity index (χ0) is 18.8. The Morgan fingerprint density at radius 3 is 2.56 bits per heavy atom.